The van der Waals surface area contributed by atoms with Crippen molar-refractivity contribution >= 4 is 11.5 Å². The van der Waals surface area contributed by atoms with E-state index in [1.807, 2.05) is 0 Å². The van der Waals surface area contributed by atoms with E-state index in [1.165, 1.54) is 6.07 Å². The number of ether oxygens (including phenoxy) is 1. The van der Waals surface area contributed by atoms with Gasteiger partial charge in [0.1, 0.15) is 11.8 Å². The molecular formula is C10H8F2N2O2. The van der Waals surface area contributed by atoms with E-state index in [1.54, 1.807) is 6.07 Å². The largest absolute Gasteiger partial charge is 0.434 e. The van der Waals surface area contributed by atoms with Crippen LogP contribution in [0, 0.1) is 11.3 Å². The van der Waals surface area contributed by atoms with Gasteiger partial charge in [0, 0.05) is 0 Å². The number of anilines is 1. The Balaban J connectivity index is 3.36. The molecule has 0 unspecified atom stereocenters. The zero-order valence-corrected chi connectivity index (χ0v) is 8.33. The SMILES string of the molecule is CC(=O)c1c(OC(F)F)ccc(C#N)c1N. The van der Waals surface area contributed by atoms with Crippen LogP contribution in [0.4, 0.5) is 14.5 Å². The summed E-state index contributed by atoms with van der Waals surface area (Å²) in [5, 5.41) is 8.67. The number of nitrogens with two attached hydrogens (primary N) is 1. The lowest BCUT2D eigenvalue weighted by molar-refractivity contribution is -0.0500. The average molecular weight is 226 g/mol. The van der Waals surface area contributed by atoms with E-state index >= 15 is 0 Å². The number of hydrogen-bond acceptors (Lipinski definition) is 4. The lowest BCUT2D eigenvalue weighted by atomic mass is 10.0. The van der Waals surface area contributed by atoms with Crippen molar-refractivity contribution in [3.8, 4) is 11.8 Å². The predicted molar refractivity (Wildman–Crippen MR) is 52.2 cm³/mol. The maximum atomic E-state index is 12.0. The molecule has 0 radical (unpaired) electrons. The van der Waals surface area contributed by atoms with Gasteiger partial charge in [0.05, 0.1) is 16.8 Å². The van der Waals surface area contributed by atoms with Crippen LogP contribution in [0.3, 0.4) is 0 Å². The minimum atomic E-state index is -3.05. The summed E-state index contributed by atoms with van der Waals surface area (Å²) in [6.07, 6.45) is 0. The molecule has 16 heavy (non-hydrogen) atoms. The van der Waals surface area contributed by atoms with E-state index in [0.29, 0.717) is 0 Å². The first-order chi connectivity index (χ1) is 7.47. The van der Waals surface area contributed by atoms with Crippen LogP contribution in [-0.2, 0) is 0 Å². The molecular weight excluding hydrogens is 218 g/mol. The van der Waals surface area contributed by atoms with Gasteiger partial charge in [-0.1, -0.05) is 0 Å². The van der Waals surface area contributed by atoms with E-state index in [4.69, 9.17) is 11.0 Å². The van der Waals surface area contributed by atoms with Gasteiger partial charge < -0.3 is 10.5 Å². The molecule has 0 spiro atoms. The lowest BCUT2D eigenvalue weighted by Gasteiger charge is -2.11. The zero-order valence-electron chi connectivity index (χ0n) is 8.33. The van der Waals surface area contributed by atoms with Gasteiger partial charge in [0.25, 0.3) is 0 Å². The zero-order chi connectivity index (χ0) is 12.3. The van der Waals surface area contributed by atoms with Crippen LogP contribution in [0.1, 0.15) is 22.8 Å². The first-order valence-corrected chi connectivity index (χ1v) is 4.25. The maximum Gasteiger partial charge on any atom is 0.387 e. The molecule has 2 N–H and O–H groups in total. The molecule has 0 atom stereocenters. The molecule has 6 heteroatoms. The van der Waals surface area contributed by atoms with Gasteiger partial charge in [-0.2, -0.15) is 14.0 Å². The van der Waals surface area contributed by atoms with Crippen LogP contribution >= 0.6 is 0 Å². The number of nitrogens with zero attached hydrogens (tertiary/aromatic N) is 1. The number of rotatable bonds is 3. The first kappa shape index (κ1) is 11.9. The predicted octanol–water partition coefficient (Wildman–Crippen LogP) is 1.94. The van der Waals surface area contributed by atoms with E-state index in [-0.39, 0.29) is 22.6 Å². The molecule has 84 valence electrons. The van der Waals surface area contributed by atoms with Crippen LogP contribution in [0.25, 0.3) is 0 Å². The molecule has 0 bridgehead atoms. The second-order valence-corrected chi connectivity index (χ2v) is 2.95. The van der Waals surface area contributed by atoms with E-state index in [9.17, 15) is 13.6 Å². The number of carbonyl (C=O) groups excluding carboxylic acids is 1. The summed E-state index contributed by atoms with van der Waals surface area (Å²) < 4.78 is 28.2. The van der Waals surface area contributed by atoms with Crippen LogP contribution < -0.4 is 10.5 Å². The fourth-order valence-corrected chi connectivity index (χ4v) is 1.25. The van der Waals surface area contributed by atoms with Gasteiger partial charge in [0.2, 0.25) is 0 Å². The smallest absolute Gasteiger partial charge is 0.387 e. The third-order valence-electron chi connectivity index (χ3n) is 1.90. The van der Waals surface area contributed by atoms with Gasteiger partial charge in [-0.05, 0) is 19.1 Å². The molecule has 1 aromatic carbocycles. The average Bonchev–Trinajstić information content (AvgIpc) is 2.16. The van der Waals surface area contributed by atoms with Crippen molar-refractivity contribution in [2.45, 2.75) is 13.5 Å². The standard InChI is InChI=1S/C10H8F2N2O2/c1-5(15)8-7(16-10(11)12)3-2-6(4-13)9(8)14/h2-3,10H,14H2,1H3. The molecule has 0 saturated heterocycles. The summed E-state index contributed by atoms with van der Waals surface area (Å²) in [7, 11) is 0. The number of benzene rings is 1. The summed E-state index contributed by atoms with van der Waals surface area (Å²) in [6.45, 7) is -1.89. The molecule has 0 saturated carbocycles. The number of ketones is 1. The van der Waals surface area contributed by atoms with Crippen LogP contribution in [0.5, 0.6) is 5.75 Å². The fraction of sp³-hybridized carbons (Fsp3) is 0.200. The van der Waals surface area contributed by atoms with Crippen molar-refractivity contribution < 1.29 is 18.3 Å². The van der Waals surface area contributed by atoms with Crippen LogP contribution in [0.2, 0.25) is 0 Å². The Kier molecular flexibility index (Phi) is 3.40. The van der Waals surface area contributed by atoms with Gasteiger partial charge >= 0.3 is 6.61 Å². The molecule has 0 aliphatic rings. The Hall–Kier alpha value is -2.16. The number of nitrogen functional groups attached to an aromatic ring is 1. The Morgan fingerprint density at radius 3 is 2.62 bits per heavy atom. The molecule has 0 aliphatic carbocycles. The molecule has 0 heterocycles. The molecule has 1 aromatic rings. The summed E-state index contributed by atoms with van der Waals surface area (Å²) >= 11 is 0. The summed E-state index contributed by atoms with van der Waals surface area (Å²) in [5.41, 5.74) is 5.21. The lowest BCUT2D eigenvalue weighted by Crippen LogP contribution is -2.09. The third-order valence-corrected chi connectivity index (χ3v) is 1.90. The summed E-state index contributed by atoms with van der Waals surface area (Å²) in [6, 6.07) is 4.10. The van der Waals surface area contributed by atoms with Gasteiger partial charge in [-0.15, -0.1) is 0 Å². The Morgan fingerprint density at radius 1 is 1.56 bits per heavy atom. The molecule has 0 amide bonds. The highest BCUT2D eigenvalue weighted by Crippen LogP contribution is 2.29. The number of nitriles is 1. The molecule has 0 aliphatic heterocycles. The number of Topliss-reactive ketones (excluding diaryl/α,β-unsaturated/α-hetero) is 1. The number of halogens is 2. The number of carbonyl (C=O) groups is 1. The minimum absolute atomic E-state index is 0.0480. The van der Waals surface area contributed by atoms with Gasteiger partial charge in [0.15, 0.2) is 5.78 Å². The second-order valence-electron chi connectivity index (χ2n) is 2.95. The van der Waals surface area contributed by atoms with Gasteiger partial charge in [-0.3, -0.25) is 4.79 Å². The van der Waals surface area contributed by atoms with Crippen molar-refractivity contribution in [2.75, 3.05) is 5.73 Å². The number of hydrogen-bond donors (Lipinski definition) is 1. The normalized spacial score (nSPS) is 9.94. The van der Waals surface area contributed by atoms with Crippen LogP contribution in [-0.4, -0.2) is 12.4 Å². The molecule has 4 nitrogen and oxygen atoms in total. The van der Waals surface area contributed by atoms with E-state index in [0.717, 1.165) is 13.0 Å². The van der Waals surface area contributed by atoms with Gasteiger partial charge in [-0.25, -0.2) is 0 Å². The quantitative estimate of drug-likeness (QED) is 0.631. The monoisotopic (exact) mass is 226 g/mol. The Bertz CT molecular complexity index is 467. The van der Waals surface area contributed by atoms with E-state index in [2.05, 4.69) is 4.74 Å². The van der Waals surface area contributed by atoms with Crippen molar-refractivity contribution in [1.82, 2.24) is 0 Å². The molecule has 1 rings (SSSR count). The Morgan fingerprint density at radius 2 is 2.19 bits per heavy atom. The fourth-order valence-electron chi connectivity index (χ4n) is 1.25. The highest BCUT2D eigenvalue weighted by Gasteiger charge is 2.18. The summed E-state index contributed by atoms with van der Waals surface area (Å²) in [5.74, 6) is -0.857. The van der Waals surface area contributed by atoms with Crippen molar-refractivity contribution in [2.24, 2.45) is 0 Å². The van der Waals surface area contributed by atoms with Crippen molar-refractivity contribution in [1.29, 1.82) is 5.26 Å². The Labute approximate surface area is 90.2 Å². The maximum absolute atomic E-state index is 12.0. The van der Waals surface area contributed by atoms with Crippen molar-refractivity contribution in [3.63, 3.8) is 0 Å². The minimum Gasteiger partial charge on any atom is -0.434 e. The number of alkyl halides is 2. The highest BCUT2D eigenvalue weighted by molar-refractivity contribution is 6.02. The molecule has 0 fully saturated rings. The first-order valence-electron chi connectivity index (χ1n) is 4.25. The highest BCUT2D eigenvalue weighted by atomic mass is 19.3. The third kappa shape index (κ3) is 2.25. The van der Waals surface area contributed by atoms with E-state index < -0.39 is 12.4 Å². The van der Waals surface area contributed by atoms with Crippen LogP contribution in [0.15, 0.2) is 12.1 Å². The second kappa shape index (κ2) is 4.57. The van der Waals surface area contributed by atoms with Crippen molar-refractivity contribution in [3.05, 3.63) is 23.3 Å². The topological polar surface area (TPSA) is 76.1 Å². The molecule has 0 aromatic heterocycles. The summed E-state index contributed by atoms with van der Waals surface area (Å²) in [4.78, 5) is 11.2.